The Kier molecular flexibility index (Phi) is 7.94. The number of furan rings is 1. The molecular formula is C20H25N5O5S2. The number of nitrogens with zero attached hydrogens (tertiary/aromatic N) is 4. The fourth-order valence-corrected chi connectivity index (χ4v) is 5.21. The maximum atomic E-state index is 12.8. The van der Waals surface area contributed by atoms with Gasteiger partial charge in [0.05, 0.1) is 36.3 Å². The van der Waals surface area contributed by atoms with Crippen molar-refractivity contribution in [2.75, 3.05) is 31.3 Å². The number of hydrogen-bond acceptors (Lipinski definition) is 8. The number of carbonyl (C=O) groups excluding carboxylic acids is 1. The highest BCUT2D eigenvalue weighted by molar-refractivity contribution is 7.99. The molecule has 32 heavy (non-hydrogen) atoms. The Labute approximate surface area is 191 Å². The summed E-state index contributed by atoms with van der Waals surface area (Å²) in [5.41, 5.74) is 0.281. The van der Waals surface area contributed by atoms with Crippen molar-refractivity contribution in [2.24, 2.45) is 0 Å². The Balaban J connectivity index is 1.70. The van der Waals surface area contributed by atoms with Crippen LogP contribution in [0.25, 0.3) is 0 Å². The van der Waals surface area contributed by atoms with Crippen LogP contribution in [0.15, 0.2) is 57.4 Å². The number of nitrogens with one attached hydrogen (secondary N) is 1. The Bertz CT molecular complexity index is 1140. The Morgan fingerprint density at radius 2 is 2.06 bits per heavy atom. The molecule has 1 N–H and O–H groups in total. The van der Waals surface area contributed by atoms with Gasteiger partial charge >= 0.3 is 0 Å². The molecule has 1 amide bonds. The number of methoxy groups -OCH3 is 1. The van der Waals surface area contributed by atoms with E-state index in [1.165, 1.54) is 41.4 Å². The first kappa shape index (κ1) is 23.8. The van der Waals surface area contributed by atoms with E-state index in [2.05, 4.69) is 15.5 Å². The molecule has 0 bridgehead atoms. The van der Waals surface area contributed by atoms with Crippen molar-refractivity contribution >= 4 is 33.4 Å². The molecule has 0 spiro atoms. The number of rotatable bonds is 11. The first-order valence-corrected chi connectivity index (χ1v) is 12.3. The number of thioether (sulfide) groups is 1. The lowest BCUT2D eigenvalue weighted by Gasteiger charge is -2.19. The number of amides is 1. The van der Waals surface area contributed by atoms with Gasteiger partial charge < -0.3 is 19.0 Å². The first-order chi connectivity index (χ1) is 15.4. The number of hydrogen-bond donors (Lipinski definition) is 1. The molecule has 0 radical (unpaired) electrons. The molecule has 12 heteroatoms. The predicted octanol–water partition coefficient (Wildman–Crippen LogP) is 2.69. The van der Waals surface area contributed by atoms with E-state index in [4.69, 9.17) is 9.15 Å². The molecule has 0 fully saturated rings. The van der Waals surface area contributed by atoms with Crippen molar-refractivity contribution < 1.29 is 22.4 Å². The minimum absolute atomic E-state index is 0.0486. The number of carbonyl (C=O) groups is 1. The molecular weight excluding hydrogens is 454 g/mol. The molecule has 172 valence electrons. The van der Waals surface area contributed by atoms with Gasteiger partial charge in [-0.05, 0) is 30.3 Å². The molecule has 10 nitrogen and oxygen atoms in total. The van der Waals surface area contributed by atoms with Crippen molar-refractivity contribution in [2.45, 2.75) is 30.4 Å². The van der Waals surface area contributed by atoms with Gasteiger partial charge in [-0.25, -0.2) is 8.42 Å². The van der Waals surface area contributed by atoms with Crippen LogP contribution in [-0.2, 0) is 21.4 Å². The van der Waals surface area contributed by atoms with Gasteiger partial charge in [0.1, 0.15) is 17.8 Å². The third-order valence-corrected chi connectivity index (χ3v) is 7.63. The highest BCUT2D eigenvalue weighted by Gasteiger charge is 2.23. The molecule has 3 rings (SSSR count). The first-order valence-electron chi connectivity index (χ1n) is 9.90. The number of benzene rings is 1. The zero-order chi connectivity index (χ0) is 23.1. The van der Waals surface area contributed by atoms with Gasteiger partial charge in [0.2, 0.25) is 15.9 Å². The summed E-state index contributed by atoms with van der Waals surface area (Å²) >= 11 is 1.21. The van der Waals surface area contributed by atoms with E-state index in [1.54, 1.807) is 37.1 Å². The van der Waals surface area contributed by atoms with Crippen LogP contribution in [0, 0.1) is 0 Å². The van der Waals surface area contributed by atoms with Crippen LogP contribution in [0.3, 0.4) is 0 Å². The largest absolute Gasteiger partial charge is 0.495 e. The van der Waals surface area contributed by atoms with Crippen LogP contribution in [0.2, 0.25) is 0 Å². The normalized spacial score (nSPS) is 11.6. The van der Waals surface area contributed by atoms with Crippen LogP contribution < -0.4 is 10.1 Å². The summed E-state index contributed by atoms with van der Waals surface area (Å²) in [5, 5.41) is 11.2. The summed E-state index contributed by atoms with van der Waals surface area (Å²) in [5.74, 6) is 0.820. The summed E-state index contributed by atoms with van der Waals surface area (Å²) in [6, 6.07) is 8.04. The third-order valence-electron chi connectivity index (χ3n) is 4.61. The molecule has 0 atom stereocenters. The summed E-state index contributed by atoms with van der Waals surface area (Å²) in [6.45, 7) is 4.69. The van der Waals surface area contributed by atoms with Gasteiger partial charge in [-0.2, -0.15) is 4.31 Å². The molecule has 2 heterocycles. The quantitative estimate of drug-likeness (QED) is 0.417. The Hall–Kier alpha value is -2.83. The molecule has 0 saturated heterocycles. The third kappa shape index (κ3) is 5.50. The number of sulfonamides is 1. The molecule has 0 aliphatic rings. The number of aromatic nitrogens is 3. The predicted molar refractivity (Wildman–Crippen MR) is 120 cm³/mol. The van der Waals surface area contributed by atoms with Crippen LogP contribution in [0.5, 0.6) is 5.75 Å². The van der Waals surface area contributed by atoms with E-state index in [0.29, 0.717) is 30.5 Å². The molecule has 0 aliphatic heterocycles. The number of anilines is 1. The van der Waals surface area contributed by atoms with E-state index in [1.807, 2.05) is 6.07 Å². The molecule has 2 aromatic heterocycles. The summed E-state index contributed by atoms with van der Waals surface area (Å²) in [7, 11) is -2.22. The van der Waals surface area contributed by atoms with Gasteiger partial charge in [0, 0.05) is 13.1 Å². The van der Waals surface area contributed by atoms with E-state index >= 15 is 0 Å². The lowest BCUT2D eigenvalue weighted by molar-refractivity contribution is -0.113. The van der Waals surface area contributed by atoms with Crippen molar-refractivity contribution in [1.29, 1.82) is 0 Å². The van der Waals surface area contributed by atoms with Crippen molar-refractivity contribution in [3.8, 4) is 5.75 Å². The van der Waals surface area contributed by atoms with Crippen LogP contribution in [0.1, 0.15) is 19.6 Å². The van der Waals surface area contributed by atoms with Gasteiger partial charge in [0.15, 0.2) is 5.16 Å². The average molecular weight is 480 g/mol. The second-order valence-electron chi connectivity index (χ2n) is 6.61. The van der Waals surface area contributed by atoms with Crippen LogP contribution >= 0.6 is 11.8 Å². The minimum atomic E-state index is -3.67. The van der Waals surface area contributed by atoms with E-state index < -0.39 is 10.0 Å². The molecule has 1 aromatic carbocycles. The second-order valence-corrected chi connectivity index (χ2v) is 9.49. The topological polar surface area (TPSA) is 120 Å². The second kappa shape index (κ2) is 10.7. The van der Waals surface area contributed by atoms with E-state index in [0.717, 1.165) is 5.76 Å². The van der Waals surface area contributed by atoms with Gasteiger partial charge in [-0.1, -0.05) is 25.6 Å². The monoisotopic (exact) mass is 479 g/mol. The lowest BCUT2D eigenvalue weighted by atomic mass is 10.3. The van der Waals surface area contributed by atoms with Gasteiger partial charge in [-0.15, -0.1) is 10.2 Å². The van der Waals surface area contributed by atoms with Gasteiger partial charge in [-0.3, -0.25) is 4.79 Å². The van der Waals surface area contributed by atoms with Crippen molar-refractivity contribution in [3.05, 3.63) is 48.7 Å². The highest BCUT2D eigenvalue weighted by atomic mass is 32.2. The highest BCUT2D eigenvalue weighted by Crippen LogP contribution is 2.29. The summed E-state index contributed by atoms with van der Waals surface area (Å²) in [4.78, 5) is 12.7. The molecule has 0 saturated carbocycles. The smallest absolute Gasteiger partial charge is 0.243 e. The maximum absolute atomic E-state index is 12.8. The summed E-state index contributed by atoms with van der Waals surface area (Å²) in [6.07, 6.45) is 3.15. The molecule has 0 aliphatic carbocycles. The fraction of sp³-hybridized carbons (Fsp3) is 0.350. The maximum Gasteiger partial charge on any atom is 0.243 e. The van der Waals surface area contributed by atoms with Crippen molar-refractivity contribution in [1.82, 2.24) is 19.1 Å². The lowest BCUT2D eigenvalue weighted by Crippen LogP contribution is -2.30. The number of ether oxygens (including phenoxy) is 1. The van der Waals surface area contributed by atoms with Gasteiger partial charge in [0.25, 0.3) is 0 Å². The standard InChI is InChI=1S/C20H25N5O5S2/c1-4-25(5-2)32(27,28)16-8-9-18(29-3)17(11-16)22-19(26)13-31-20-23-21-14-24(20)12-15-7-6-10-30-15/h6-11,14H,4-5,12-13H2,1-3H3,(H,22,26). The SMILES string of the molecule is CCN(CC)S(=O)(=O)c1ccc(OC)c(NC(=O)CSc2nncn2Cc2ccco2)c1. The zero-order valence-electron chi connectivity index (χ0n) is 18.0. The average Bonchev–Trinajstić information content (AvgIpc) is 3.45. The van der Waals surface area contributed by atoms with E-state index in [-0.39, 0.29) is 22.2 Å². The fourth-order valence-electron chi connectivity index (χ4n) is 3.01. The summed E-state index contributed by atoms with van der Waals surface area (Å²) < 4.78 is 39.4. The van der Waals surface area contributed by atoms with Crippen LogP contribution in [-0.4, -0.2) is 59.3 Å². The Morgan fingerprint density at radius 3 is 2.72 bits per heavy atom. The Morgan fingerprint density at radius 1 is 1.28 bits per heavy atom. The van der Waals surface area contributed by atoms with E-state index in [9.17, 15) is 13.2 Å². The molecule has 0 unspecified atom stereocenters. The van der Waals surface area contributed by atoms with Crippen molar-refractivity contribution in [3.63, 3.8) is 0 Å². The molecule has 3 aromatic rings. The minimum Gasteiger partial charge on any atom is -0.495 e. The zero-order valence-corrected chi connectivity index (χ0v) is 19.6. The van der Waals surface area contributed by atoms with Crippen LogP contribution in [0.4, 0.5) is 5.69 Å².